The largest absolute Gasteiger partial charge is 0.497 e. The Balaban J connectivity index is 1.57. The zero-order valence-corrected chi connectivity index (χ0v) is 20.5. The van der Waals surface area contributed by atoms with Crippen LogP contribution in [0.2, 0.25) is 0 Å². The second-order valence-electron chi connectivity index (χ2n) is 7.48. The molecule has 1 heterocycles. The van der Waals surface area contributed by atoms with E-state index in [1.54, 1.807) is 42.5 Å². The van der Waals surface area contributed by atoms with Crippen LogP contribution in [0.1, 0.15) is 11.1 Å². The van der Waals surface area contributed by atoms with Gasteiger partial charge in [0.1, 0.15) is 17.9 Å². The number of anilines is 1. The molecule has 0 aromatic heterocycles. The third kappa shape index (κ3) is 5.36. The number of carbonyl (C=O) groups is 3. The molecule has 3 aromatic rings. The molecule has 1 N–H and O–H groups in total. The SMILES string of the molecule is COc1ccc(N2C(=O)NC(=O)/C(=C/c3ccc(OCc4ccc(Br)cc4)c(OC)c3)C2=O)cc1. The summed E-state index contributed by atoms with van der Waals surface area (Å²) in [6.45, 7) is 0.337. The minimum atomic E-state index is -0.823. The first-order valence-electron chi connectivity index (χ1n) is 10.5. The second-order valence-corrected chi connectivity index (χ2v) is 8.40. The van der Waals surface area contributed by atoms with Crippen molar-refractivity contribution >= 4 is 45.5 Å². The maximum Gasteiger partial charge on any atom is 0.335 e. The van der Waals surface area contributed by atoms with Gasteiger partial charge in [0.15, 0.2) is 11.5 Å². The Kier molecular flexibility index (Phi) is 7.17. The molecule has 1 saturated heterocycles. The molecule has 0 aliphatic carbocycles. The first-order valence-corrected chi connectivity index (χ1v) is 11.3. The quantitative estimate of drug-likeness (QED) is 0.347. The van der Waals surface area contributed by atoms with E-state index < -0.39 is 17.8 Å². The number of methoxy groups -OCH3 is 2. The molecule has 0 atom stereocenters. The van der Waals surface area contributed by atoms with Crippen LogP contribution in [0.25, 0.3) is 6.08 Å². The zero-order chi connectivity index (χ0) is 24.9. The van der Waals surface area contributed by atoms with E-state index in [9.17, 15) is 14.4 Å². The number of imide groups is 2. The average molecular weight is 537 g/mol. The maximum atomic E-state index is 13.1. The van der Waals surface area contributed by atoms with Gasteiger partial charge < -0.3 is 14.2 Å². The van der Waals surface area contributed by atoms with Crippen molar-refractivity contribution in [2.75, 3.05) is 19.1 Å². The number of rotatable bonds is 7. The fraction of sp³-hybridized carbons (Fsp3) is 0.115. The van der Waals surface area contributed by atoms with Crippen LogP contribution in [0.3, 0.4) is 0 Å². The molecule has 0 radical (unpaired) electrons. The molecule has 4 amide bonds. The lowest BCUT2D eigenvalue weighted by Gasteiger charge is -2.26. The van der Waals surface area contributed by atoms with Gasteiger partial charge in [0.05, 0.1) is 19.9 Å². The van der Waals surface area contributed by atoms with Gasteiger partial charge in [-0.1, -0.05) is 34.1 Å². The van der Waals surface area contributed by atoms with E-state index in [1.807, 2.05) is 24.3 Å². The molecule has 0 spiro atoms. The molecule has 4 rings (SSSR count). The summed E-state index contributed by atoms with van der Waals surface area (Å²) in [6, 6.07) is 18.3. The highest BCUT2D eigenvalue weighted by molar-refractivity contribution is 9.10. The van der Waals surface area contributed by atoms with Crippen LogP contribution in [-0.4, -0.2) is 32.1 Å². The molecule has 3 aromatic carbocycles. The molecule has 9 heteroatoms. The van der Waals surface area contributed by atoms with Gasteiger partial charge >= 0.3 is 6.03 Å². The van der Waals surface area contributed by atoms with Crippen molar-refractivity contribution in [1.82, 2.24) is 5.32 Å². The Morgan fingerprint density at radius 2 is 1.60 bits per heavy atom. The van der Waals surface area contributed by atoms with Crippen LogP contribution in [0, 0.1) is 0 Å². The molecular formula is C26H21BrN2O6. The number of halogens is 1. The van der Waals surface area contributed by atoms with Crippen molar-refractivity contribution in [2.24, 2.45) is 0 Å². The third-order valence-corrected chi connectivity index (χ3v) is 5.77. The number of hydrogen-bond donors (Lipinski definition) is 1. The van der Waals surface area contributed by atoms with E-state index in [-0.39, 0.29) is 5.57 Å². The number of amides is 4. The standard InChI is InChI=1S/C26H21BrN2O6/c1-33-20-10-8-19(9-11-20)29-25(31)21(24(30)28-26(29)32)13-17-5-12-22(23(14-17)34-2)35-15-16-3-6-18(27)7-4-16/h3-14H,15H2,1-2H3,(H,28,30,32)/b21-13-. The first kappa shape index (κ1) is 24.0. The Labute approximate surface area is 210 Å². The van der Waals surface area contributed by atoms with E-state index in [0.29, 0.717) is 35.1 Å². The van der Waals surface area contributed by atoms with Gasteiger partial charge in [0, 0.05) is 4.47 Å². The lowest BCUT2D eigenvalue weighted by molar-refractivity contribution is -0.122. The predicted molar refractivity (Wildman–Crippen MR) is 133 cm³/mol. The summed E-state index contributed by atoms with van der Waals surface area (Å²) in [5, 5.41) is 2.21. The maximum absolute atomic E-state index is 13.1. The van der Waals surface area contributed by atoms with Crippen molar-refractivity contribution in [3.63, 3.8) is 0 Å². The third-order valence-electron chi connectivity index (χ3n) is 5.24. The molecule has 0 bridgehead atoms. The van der Waals surface area contributed by atoms with Gasteiger partial charge in [-0.15, -0.1) is 0 Å². The Morgan fingerprint density at radius 1 is 0.886 bits per heavy atom. The molecular weight excluding hydrogens is 516 g/mol. The smallest absolute Gasteiger partial charge is 0.335 e. The summed E-state index contributed by atoms with van der Waals surface area (Å²) in [7, 11) is 3.01. The summed E-state index contributed by atoms with van der Waals surface area (Å²) >= 11 is 3.40. The van der Waals surface area contributed by atoms with Crippen LogP contribution >= 0.6 is 15.9 Å². The monoisotopic (exact) mass is 536 g/mol. The highest BCUT2D eigenvalue weighted by atomic mass is 79.9. The Bertz CT molecular complexity index is 1300. The molecule has 1 aliphatic rings. The first-order chi connectivity index (χ1) is 16.9. The Morgan fingerprint density at radius 3 is 2.26 bits per heavy atom. The normalized spacial score (nSPS) is 14.7. The van der Waals surface area contributed by atoms with Crippen LogP contribution in [0.4, 0.5) is 10.5 Å². The lowest BCUT2D eigenvalue weighted by atomic mass is 10.1. The van der Waals surface area contributed by atoms with Crippen LogP contribution in [0.15, 0.2) is 76.8 Å². The molecule has 0 unspecified atom stereocenters. The number of nitrogens with zero attached hydrogens (tertiary/aromatic N) is 1. The summed E-state index contributed by atoms with van der Waals surface area (Å²) in [4.78, 5) is 38.9. The van der Waals surface area contributed by atoms with Crippen molar-refractivity contribution in [2.45, 2.75) is 6.61 Å². The minimum absolute atomic E-state index is 0.189. The second kappa shape index (κ2) is 10.4. The van der Waals surface area contributed by atoms with Crippen LogP contribution in [0.5, 0.6) is 17.2 Å². The zero-order valence-electron chi connectivity index (χ0n) is 18.9. The number of nitrogens with one attached hydrogen (secondary N) is 1. The summed E-state index contributed by atoms with van der Waals surface area (Å²) in [5.41, 5.74) is 1.63. The fourth-order valence-electron chi connectivity index (χ4n) is 3.42. The number of barbiturate groups is 1. The summed E-state index contributed by atoms with van der Waals surface area (Å²) in [5.74, 6) is -0.00650. The van der Waals surface area contributed by atoms with Gasteiger partial charge in [0.25, 0.3) is 11.8 Å². The number of ether oxygens (including phenoxy) is 3. The van der Waals surface area contributed by atoms with Crippen LogP contribution < -0.4 is 24.4 Å². The van der Waals surface area contributed by atoms with Crippen LogP contribution in [-0.2, 0) is 16.2 Å². The van der Waals surface area contributed by atoms with Gasteiger partial charge in [-0.2, -0.15) is 0 Å². The van der Waals surface area contributed by atoms with E-state index in [2.05, 4.69) is 21.2 Å². The topological polar surface area (TPSA) is 94.2 Å². The molecule has 8 nitrogen and oxygen atoms in total. The van der Waals surface area contributed by atoms with Gasteiger partial charge in [0.2, 0.25) is 0 Å². The van der Waals surface area contributed by atoms with E-state index >= 15 is 0 Å². The highest BCUT2D eigenvalue weighted by Gasteiger charge is 2.36. The Hall–Kier alpha value is -4.11. The average Bonchev–Trinajstić information content (AvgIpc) is 2.86. The predicted octanol–water partition coefficient (Wildman–Crippen LogP) is 4.71. The molecule has 0 saturated carbocycles. The van der Waals surface area contributed by atoms with Crippen molar-refractivity contribution in [1.29, 1.82) is 0 Å². The highest BCUT2D eigenvalue weighted by Crippen LogP contribution is 2.31. The van der Waals surface area contributed by atoms with Crippen molar-refractivity contribution in [3.8, 4) is 17.2 Å². The van der Waals surface area contributed by atoms with Gasteiger partial charge in [-0.25, -0.2) is 9.69 Å². The summed E-state index contributed by atoms with van der Waals surface area (Å²) < 4.78 is 17.4. The van der Waals surface area contributed by atoms with Gasteiger partial charge in [-0.05, 0) is 65.7 Å². The number of hydrogen-bond acceptors (Lipinski definition) is 6. The number of benzene rings is 3. The fourth-order valence-corrected chi connectivity index (χ4v) is 3.69. The van der Waals surface area contributed by atoms with E-state index in [4.69, 9.17) is 14.2 Å². The van der Waals surface area contributed by atoms with E-state index in [0.717, 1.165) is 14.9 Å². The number of carbonyl (C=O) groups excluding carboxylic acids is 3. The minimum Gasteiger partial charge on any atom is -0.497 e. The molecule has 1 aliphatic heterocycles. The summed E-state index contributed by atoms with van der Waals surface area (Å²) in [6.07, 6.45) is 1.40. The molecule has 1 fully saturated rings. The van der Waals surface area contributed by atoms with Gasteiger partial charge in [-0.3, -0.25) is 14.9 Å². The molecule has 178 valence electrons. The van der Waals surface area contributed by atoms with E-state index in [1.165, 1.54) is 20.3 Å². The molecule has 35 heavy (non-hydrogen) atoms. The lowest BCUT2D eigenvalue weighted by Crippen LogP contribution is -2.54. The number of urea groups is 1. The van der Waals surface area contributed by atoms with Crippen molar-refractivity contribution < 1.29 is 28.6 Å². The van der Waals surface area contributed by atoms with Crippen molar-refractivity contribution in [3.05, 3.63) is 87.9 Å².